The van der Waals surface area contributed by atoms with E-state index in [0.717, 1.165) is 17.9 Å². The second kappa shape index (κ2) is 3.92. The molecule has 1 saturated heterocycles. The third-order valence-electron chi connectivity index (χ3n) is 2.87. The Labute approximate surface area is 98.0 Å². The lowest BCUT2D eigenvalue weighted by Gasteiger charge is -2.28. The predicted octanol–water partition coefficient (Wildman–Crippen LogP) is 2.13. The highest BCUT2D eigenvalue weighted by molar-refractivity contribution is 8.04. The molecule has 0 spiro atoms. The fourth-order valence-electron chi connectivity index (χ4n) is 2.20. The van der Waals surface area contributed by atoms with Gasteiger partial charge in [0.05, 0.1) is 5.37 Å². The summed E-state index contributed by atoms with van der Waals surface area (Å²) in [7, 11) is 0. The molecule has 2 heterocycles. The second-order valence-electron chi connectivity index (χ2n) is 3.76. The number of anilines is 1. The van der Waals surface area contributed by atoms with Crippen molar-refractivity contribution in [2.45, 2.75) is 17.4 Å². The van der Waals surface area contributed by atoms with E-state index in [1.165, 1.54) is 11.3 Å². The Morgan fingerprint density at radius 3 is 2.93 bits per heavy atom. The first-order valence-corrected chi connectivity index (χ1v) is 7.23. The van der Waals surface area contributed by atoms with E-state index in [-0.39, 0.29) is 5.56 Å². The van der Waals surface area contributed by atoms with Crippen LogP contribution in [0, 0.1) is 0 Å². The highest BCUT2D eigenvalue weighted by Gasteiger charge is 2.35. The fraction of sp³-hybridized carbons (Fsp3) is 0.455. The van der Waals surface area contributed by atoms with Crippen molar-refractivity contribution in [3.63, 3.8) is 0 Å². The summed E-state index contributed by atoms with van der Waals surface area (Å²) in [4.78, 5) is 2.16. The van der Waals surface area contributed by atoms with Gasteiger partial charge in [-0.3, -0.25) is 0 Å². The third-order valence-corrected chi connectivity index (χ3v) is 5.31. The molecule has 3 rings (SSSR count). The van der Waals surface area contributed by atoms with Gasteiger partial charge >= 0.3 is 0 Å². The molecule has 80 valence electrons. The molecule has 2 aliphatic heterocycles. The Morgan fingerprint density at radius 1 is 1.20 bits per heavy atom. The van der Waals surface area contributed by atoms with Crippen molar-refractivity contribution < 1.29 is 5.11 Å². The third kappa shape index (κ3) is 1.65. The molecule has 2 nitrogen and oxygen atoms in total. The molecular formula is C11H13NOS2. The van der Waals surface area contributed by atoms with Crippen LogP contribution in [0.15, 0.2) is 24.3 Å². The Hall–Kier alpha value is -0.320. The largest absolute Gasteiger partial charge is 0.364 e. The van der Waals surface area contributed by atoms with E-state index in [4.69, 9.17) is 0 Å². The molecule has 4 heteroatoms. The van der Waals surface area contributed by atoms with Crippen molar-refractivity contribution in [2.24, 2.45) is 0 Å². The van der Waals surface area contributed by atoms with Crippen molar-refractivity contribution in [3.05, 3.63) is 29.8 Å². The van der Waals surface area contributed by atoms with Crippen molar-refractivity contribution in [2.75, 3.05) is 16.4 Å². The first-order chi connectivity index (χ1) is 7.36. The number of hydrogen-bond acceptors (Lipinski definition) is 4. The van der Waals surface area contributed by atoms with Crippen LogP contribution in [0.3, 0.4) is 0 Å². The minimum absolute atomic E-state index is 0.367. The van der Waals surface area contributed by atoms with Crippen LogP contribution in [-0.4, -0.2) is 27.5 Å². The molecule has 15 heavy (non-hydrogen) atoms. The van der Waals surface area contributed by atoms with E-state index in [1.807, 2.05) is 17.8 Å². The molecule has 1 aromatic carbocycles. The minimum Gasteiger partial charge on any atom is -0.364 e. The number of benzene rings is 1. The zero-order valence-corrected chi connectivity index (χ0v) is 9.93. The average molecular weight is 239 g/mol. The first kappa shape index (κ1) is 9.87. The molecule has 0 saturated carbocycles. The van der Waals surface area contributed by atoms with Gasteiger partial charge in [-0.25, -0.2) is 0 Å². The van der Waals surface area contributed by atoms with Crippen molar-refractivity contribution >= 4 is 29.2 Å². The highest BCUT2D eigenvalue weighted by Crippen LogP contribution is 2.41. The summed E-state index contributed by atoms with van der Waals surface area (Å²) < 4.78 is 0. The van der Waals surface area contributed by atoms with Crippen molar-refractivity contribution in [1.82, 2.24) is 0 Å². The van der Waals surface area contributed by atoms with Crippen LogP contribution in [0.4, 0.5) is 5.69 Å². The SMILES string of the molecule is OC1SCCSC2Cc3ccccc3N12. The molecule has 2 unspecified atom stereocenters. The van der Waals surface area contributed by atoms with Gasteiger partial charge in [0.2, 0.25) is 0 Å². The standard InChI is InChI=1S/C11H13NOS2/c13-11-12-9-4-2-1-3-8(9)7-10(12)14-5-6-15-11/h1-4,10-11,13H,5-7H2. The molecule has 0 amide bonds. The van der Waals surface area contributed by atoms with Gasteiger partial charge in [-0.2, -0.15) is 0 Å². The van der Waals surface area contributed by atoms with Gasteiger partial charge in [0.15, 0.2) is 5.56 Å². The molecule has 1 N–H and O–H groups in total. The molecule has 1 fully saturated rings. The number of rotatable bonds is 0. The van der Waals surface area contributed by atoms with Gasteiger partial charge in [-0.15, -0.1) is 23.5 Å². The van der Waals surface area contributed by atoms with Crippen LogP contribution in [0.1, 0.15) is 5.56 Å². The molecule has 0 radical (unpaired) electrons. The lowest BCUT2D eigenvalue weighted by molar-refractivity contribution is 0.256. The van der Waals surface area contributed by atoms with Crippen LogP contribution in [0.25, 0.3) is 0 Å². The summed E-state index contributed by atoms with van der Waals surface area (Å²) in [5, 5.41) is 10.5. The van der Waals surface area contributed by atoms with E-state index < -0.39 is 0 Å². The quantitative estimate of drug-likeness (QED) is 0.749. The van der Waals surface area contributed by atoms with E-state index >= 15 is 0 Å². The van der Waals surface area contributed by atoms with Crippen LogP contribution >= 0.6 is 23.5 Å². The molecule has 1 aromatic rings. The van der Waals surface area contributed by atoms with Gasteiger partial charge in [-0.05, 0) is 11.6 Å². The zero-order valence-electron chi connectivity index (χ0n) is 8.30. The number of fused-ring (bicyclic) bond motifs is 3. The monoisotopic (exact) mass is 239 g/mol. The van der Waals surface area contributed by atoms with Crippen LogP contribution in [0.2, 0.25) is 0 Å². The predicted molar refractivity (Wildman–Crippen MR) is 67.3 cm³/mol. The summed E-state index contributed by atoms with van der Waals surface area (Å²) in [6.45, 7) is 0. The summed E-state index contributed by atoms with van der Waals surface area (Å²) in [6, 6.07) is 8.41. The Bertz CT molecular complexity index is 371. The summed E-state index contributed by atoms with van der Waals surface area (Å²) in [6.07, 6.45) is 1.07. The van der Waals surface area contributed by atoms with Gasteiger partial charge in [0, 0.05) is 23.6 Å². The second-order valence-corrected chi connectivity index (χ2v) is 6.21. The van der Waals surface area contributed by atoms with Crippen LogP contribution < -0.4 is 4.90 Å². The van der Waals surface area contributed by atoms with Gasteiger partial charge in [0.25, 0.3) is 0 Å². The lowest BCUT2D eigenvalue weighted by atomic mass is 10.2. The number of nitrogens with zero attached hydrogens (tertiary/aromatic N) is 1. The zero-order chi connectivity index (χ0) is 10.3. The topological polar surface area (TPSA) is 23.5 Å². The minimum atomic E-state index is -0.367. The van der Waals surface area contributed by atoms with Gasteiger partial charge in [0.1, 0.15) is 0 Å². The maximum Gasteiger partial charge on any atom is 0.176 e. The van der Waals surface area contributed by atoms with E-state index in [2.05, 4.69) is 23.1 Å². The van der Waals surface area contributed by atoms with Crippen LogP contribution in [-0.2, 0) is 6.42 Å². The summed E-state index contributed by atoms with van der Waals surface area (Å²) in [5.74, 6) is 2.18. The Balaban J connectivity index is 2.00. The van der Waals surface area contributed by atoms with Crippen molar-refractivity contribution in [1.29, 1.82) is 0 Å². The van der Waals surface area contributed by atoms with E-state index in [9.17, 15) is 5.11 Å². The maximum absolute atomic E-state index is 10.1. The van der Waals surface area contributed by atoms with E-state index in [1.54, 1.807) is 11.8 Å². The van der Waals surface area contributed by atoms with Crippen LogP contribution in [0.5, 0.6) is 0 Å². The summed E-state index contributed by atoms with van der Waals surface area (Å²) in [5.41, 5.74) is 2.22. The first-order valence-electron chi connectivity index (χ1n) is 5.14. The van der Waals surface area contributed by atoms with E-state index in [0.29, 0.717) is 5.37 Å². The molecule has 0 aromatic heterocycles. The maximum atomic E-state index is 10.1. The highest BCUT2D eigenvalue weighted by atomic mass is 32.2. The number of hydrogen-bond donors (Lipinski definition) is 1. The van der Waals surface area contributed by atoms with Crippen molar-refractivity contribution in [3.8, 4) is 0 Å². The number of aliphatic hydroxyl groups is 1. The normalized spacial score (nSPS) is 29.5. The molecule has 2 aliphatic rings. The smallest absolute Gasteiger partial charge is 0.176 e. The number of para-hydroxylation sites is 1. The van der Waals surface area contributed by atoms with Gasteiger partial charge < -0.3 is 10.0 Å². The Morgan fingerprint density at radius 2 is 2.00 bits per heavy atom. The fourth-order valence-corrected chi connectivity index (χ4v) is 4.63. The van der Waals surface area contributed by atoms with Gasteiger partial charge in [-0.1, -0.05) is 18.2 Å². The number of thioether (sulfide) groups is 2. The molecular weight excluding hydrogens is 226 g/mol. The molecule has 2 atom stereocenters. The average Bonchev–Trinajstić information content (AvgIpc) is 2.53. The number of aliphatic hydroxyl groups excluding tert-OH is 1. The Kier molecular flexibility index (Phi) is 2.58. The lowest BCUT2D eigenvalue weighted by Crippen LogP contribution is -2.36. The molecule has 0 bridgehead atoms. The molecule has 0 aliphatic carbocycles. The summed E-state index contributed by atoms with van der Waals surface area (Å²) >= 11 is 3.60.